The van der Waals surface area contributed by atoms with E-state index in [1.54, 1.807) is 0 Å². The summed E-state index contributed by atoms with van der Waals surface area (Å²) < 4.78 is 5.28. The largest absolute Gasteiger partial charge is 0.482 e. The first-order valence-electron chi connectivity index (χ1n) is 5.04. The quantitative estimate of drug-likeness (QED) is 0.617. The van der Waals surface area contributed by atoms with Crippen molar-refractivity contribution < 1.29 is 9.53 Å². The van der Waals surface area contributed by atoms with Gasteiger partial charge >= 0.3 is 0 Å². The molecule has 0 aromatic heterocycles. The van der Waals surface area contributed by atoms with E-state index >= 15 is 0 Å². The van der Waals surface area contributed by atoms with Gasteiger partial charge in [0.1, 0.15) is 5.75 Å². The summed E-state index contributed by atoms with van der Waals surface area (Å²) >= 11 is 4.19. The monoisotopic (exact) mass is 238 g/mol. The maximum atomic E-state index is 11.2. The van der Waals surface area contributed by atoms with E-state index in [0.29, 0.717) is 5.88 Å². The van der Waals surface area contributed by atoms with E-state index in [1.165, 1.54) is 0 Å². The molecular weight excluding hydrogens is 224 g/mol. The molecule has 0 radical (unpaired) electrons. The number of carbonyl (C=O) groups excluding carboxylic acids is 1. The van der Waals surface area contributed by atoms with Gasteiger partial charge in [-0.15, -0.1) is 0 Å². The average Bonchev–Trinajstić information content (AvgIpc) is 2.28. The number of hydrogen-bond donors (Lipinski definition) is 2. The van der Waals surface area contributed by atoms with Gasteiger partial charge in [0.2, 0.25) is 0 Å². The number of nitrogens with zero attached hydrogens (tertiary/aromatic N) is 1. The molecule has 0 unspecified atom stereocenters. The molecule has 0 fully saturated rings. The summed E-state index contributed by atoms with van der Waals surface area (Å²) in [6.07, 6.45) is 0. The molecule has 0 saturated carbocycles. The Balaban J connectivity index is 2.18. The van der Waals surface area contributed by atoms with Gasteiger partial charge < -0.3 is 10.1 Å². The minimum absolute atomic E-state index is 0.100. The van der Waals surface area contributed by atoms with Crippen LogP contribution in [0.3, 0.4) is 0 Å². The maximum Gasteiger partial charge on any atom is 0.262 e. The third kappa shape index (κ3) is 2.48. The lowest BCUT2D eigenvalue weighted by atomic mass is 10.1. The molecule has 1 aromatic rings. The number of carbonyl (C=O) groups is 1. The summed E-state index contributed by atoms with van der Waals surface area (Å²) in [5, 5.41) is 2.79. The number of thiol groups is 1. The van der Waals surface area contributed by atoms with Crippen LogP contribution in [0, 0.1) is 0 Å². The minimum Gasteiger partial charge on any atom is -0.482 e. The van der Waals surface area contributed by atoms with Crippen LogP contribution >= 0.6 is 12.6 Å². The van der Waals surface area contributed by atoms with Crippen LogP contribution in [0.15, 0.2) is 18.2 Å². The predicted molar refractivity (Wildman–Crippen MR) is 65.9 cm³/mol. The van der Waals surface area contributed by atoms with Crippen molar-refractivity contribution in [3.8, 4) is 5.75 Å². The minimum atomic E-state index is -0.104. The standard InChI is InChI=1S/C11H14N2O2S/c1-13(7-16)5-8-2-3-10-9(4-8)12-11(14)6-15-10/h2-4,16H,5-7H2,1H3,(H,12,14). The second-order valence-corrected chi connectivity index (χ2v) is 4.11. The Kier molecular flexibility index (Phi) is 3.36. The second kappa shape index (κ2) is 4.76. The van der Waals surface area contributed by atoms with Gasteiger partial charge in [-0.05, 0) is 24.7 Å². The first-order chi connectivity index (χ1) is 7.69. The van der Waals surface area contributed by atoms with E-state index in [-0.39, 0.29) is 12.5 Å². The van der Waals surface area contributed by atoms with Crippen LogP contribution in [-0.4, -0.2) is 30.3 Å². The molecule has 16 heavy (non-hydrogen) atoms. The molecule has 0 atom stereocenters. The number of hydrogen-bond acceptors (Lipinski definition) is 4. The van der Waals surface area contributed by atoms with Crippen LogP contribution in [0.25, 0.3) is 0 Å². The van der Waals surface area contributed by atoms with E-state index in [9.17, 15) is 4.79 Å². The predicted octanol–water partition coefficient (Wildman–Crippen LogP) is 1.34. The van der Waals surface area contributed by atoms with E-state index in [1.807, 2.05) is 25.2 Å². The summed E-state index contributed by atoms with van der Waals surface area (Å²) in [7, 11) is 1.99. The molecule has 2 rings (SSSR count). The SMILES string of the molecule is CN(CS)Cc1ccc2c(c1)NC(=O)CO2. The number of amides is 1. The topological polar surface area (TPSA) is 41.6 Å². The van der Waals surface area contributed by atoms with Crippen LogP contribution in [0.5, 0.6) is 5.75 Å². The summed E-state index contributed by atoms with van der Waals surface area (Å²) in [6.45, 7) is 0.898. The Bertz CT molecular complexity index is 409. The molecule has 4 nitrogen and oxygen atoms in total. The van der Waals surface area contributed by atoms with Gasteiger partial charge in [0.15, 0.2) is 6.61 Å². The first kappa shape index (κ1) is 11.3. The fourth-order valence-corrected chi connectivity index (χ4v) is 1.69. The van der Waals surface area contributed by atoms with Crippen molar-refractivity contribution in [3.05, 3.63) is 23.8 Å². The van der Waals surface area contributed by atoms with Crippen LogP contribution in [0.4, 0.5) is 5.69 Å². The van der Waals surface area contributed by atoms with Crippen LogP contribution < -0.4 is 10.1 Å². The van der Waals surface area contributed by atoms with Gasteiger partial charge in [0, 0.05) is 12.4 Å². The molecule has 1 aromatic carbocycles. The highest BCUT2D eigenvalue weighted by molar-refractivity contribution is 7.80. The molecule has 0 bridgehead atoms. The molecule has 1 N–H and O–H groups in total. The fraction of sp³-hybridized carbons (Fsp3) is 0.364. The molecular formula is C11H14N2O2S. The summed E-state index contributed by atoms with van der Waals surface area (Å²) in [6, 6.07) is 5.82. The highest BCUT2D eigenvalue weighted by Gasteiger charge is 2.15. The Morgan fingerprint density at radius 2 is 2.38 bits per heavy atom. The van der Waals surface area contributed by atoms with Crippen molar-refractivity contribution in [1.29, 1.82) is 0 Å². The van der Waals surface area contributed by atoms with Crippen molar-refractivity contribution in [2.24, 2.45) is 0 Å². The van der Waals surface area contributed by atoms with Gasteiger partial charge in [-0.2, -0.15) is 12.6 Å². The highest BCUT2D eigenvalue weighted by Crippen LogP contribution is 2.28. The lowest BCUT2D eigenvalue weighted by Gasteiger charge is -2.20. The zero-order valence-electron chi connectivity index (χ0n) is 9.06. The Morgan fingerprint density at radius 1 is 1.56 bits per heavy atom. The zero-order chi connectivity index (χ0) is 11.5. The van der Waals surface area contributed by atoms with Crippen LogP contribution in [0.1, 0.15) is 5.56 Å². The molecule has 0 saturated heterocycles. The number of ether oxygens (including phenoxy) is 1. The Labute approximate surface area is 100.0 Å². The summed E-state index contributed by atoms with van der Waals surface area (Å²) in [5.74, 6) is 1.32. The van der Waals surface area contributed by atoms with Gasteiger partial charge in [-0.25, -0.2) is 0 Å². The Morgan fingerprint density at radius 3 is 3.12 bits per heavy atom. The van der Waals surface area contributed by atoms with Crippen molar-refractivity contribution in [1.82, 2.24) is 4.90 Å². The van der Waals surface area contributed by atoms with Crippen molar-refractivity contribution in [3.63, 3.8) is 0 Å². The van der Waals surface area contributed by atoms with Gasteiger partial charge in [-0.1, -0.05) is 6.07 Å². The second-order valence-electron chi connectivity index (χ2n) is 3.82. The molecule has 0 aliphatic carbocycles. The summed E-state index contributed by atoms with van der Waals surface area (Å²) in [5.41, 5.74) is 1.88. The zero-order valence-corrected chi connectivity index (χ0v) is 9.96. The van der Waals surface area contributed by atoms with Gasteiger partial charge in [-0.3, -0.25) is 9.69 Å². The molecule has 1 amide bonds. The number of benzene rings is 1. The smallest absolute Gasteiger partial charge is 0.262 e. The van der Waals surface area contributed by atoms with Crippen LogP contribution in [0.2, 0.25) is 0 Å². The van der Waals surface area contributed by atoms with E-state index < -0.39 is 0 Å². The first-order valence-corrected chi connectivity index (χ1v) is 5.67. The number of fused-ring (bicyclic) bond motifs is 1. The normalized spacial score (nSPS) is 14.3. The molecule has 1 heterocycles. The lowest BCUT2D eigenvalue weighted by molar-refractivity contribution is -0.118. The van der Waals surface area contributed by atoms with Crippen molar-refractivity contribution in [2.75, 3.05) is 24.8 Å². The highest BCUT2D eigenvalue weighted by atomic mass is 32.1. The van der Waals surface area contributed by atoms with E-state index in [2.05, 4.69) is 22.8 Å². The number of rotatable bonds is 3. The number of nitrogens with one attached hydrogen (secondary N) is 1. The lowest BCUT2D eigenvalue weighted by Crippen LogP contribution is -2.25. The fourth-order valence-electron chi connectivity index (χ4n) is 1.59. The summed E-state index contributed by atoms with van der Waals surface area (Å²) in [4.78, 5) is 13.2. The molecule has 1 aliphatic heterocycles. The van der Waals surface area contributed by atoms with Crippen LogP contribution in [-0.2, 0) is 11.3 Å². The average molecular weight is 238 g/mol. The third-order valence-corrected chi connectivity index (χ3v) is 2.85. The van der Waals surface area contributed by atoms with Gasteiger partial charge in [0.25, 0.3) is 5.91 Å². The molecule has 0 spiro atoms. The Hall–Kier alpha value is -1.20. The molecule has 5 heteroatoms. The molecule has 86 valence electrons. The van der Waals surface area contributed by atoms with Crippen molar-refractivity contribution >= 4 is 24.2 Å². The number of anilines is 1. The third-order valence-electron chi connectivity index (χ3n) is 2.37. The molecule has 1 aliphatic rings. The maximum absolute atomic E-state index is 11.2. The van der Waals surface area contributed by atoms with E-state index in [4.69, 9.17) is 4.74 Å². The van der Waals surface area contributed by atoms with E-state index in [0.717, 1.165) is 23.5 Å². The van der Waals surface area contributed by atoms with Crippen molar-refractivity contribution in [2.45, 2.75) is 6.54 Å². The van der Waals surface area contributed by atoms with Gasteiger partial charge in [0.05, 0.1) is 5.69 Å².